The number of fused-ring (bicyclic) bond motifs is 1. The van der Waals surface area contributed by atoms with E-state index >= 15 is 0 Å². The summed E-state index contributed by atoms with van der Waals surface area (Å²) in [6, 6.07) is -0.610. The molecule has 9 heteroatoms. The standard InChI is InChI=1S/C19H24N4O3S2/c1-10-15(11-7-8-11)16(12-5-4-6-13(12)21-10)22-18(24)23-28(26)14-9-20-17(27-14)19(2,3)25/h9,11,25,28H,4-8H2,1-3H3,(H,21,22,24). The molecule has 2 aliphatic rings. The normalized spacial score (nSPS) is 17.6. The van der Waals surface area contributed by atoms with E-state index in [1.807, 2.05) is 6.92 Å². The molecular formula is C19H24N4O3S2. The molecule has 0 bridgehead atoms. The van der Waals surface area contributed by atoms with Gasteiger partial charge in [-0.2, -0.15) is 0 Å². The number of hydrogen-bond donors (Lipinski definition) is 3. The number of anilines is 1. The highest BCUT2D eigenvalue weighted by Gasteiger charge is 2.32. The predicted molar refractivity (Wildman–Crippen MR) is 110 cm³/mol. The topological polar surface area (TPSA) is 105 Å². The van der Waals surface area contributed by atoms with Gasteiger partial charge in [0.05, 0.1) is 22.5 Å². The lowest BCUT2D eigenvalue weighted by molar-refractivity contribution is 0.0783. The molecule has 0 aromatic carbocycles. The van der Waals surface area contributed by atoms with E-state index in [9.17, 15) is 14.1 Å². The fourth-order valence-electron chi connectivity index (χ4n) is 3.64. The molecule has 7 nitrogen and oxygen atoms in total. The van der Waals surface area contributed by atoms with Crippen LogP contribution < -0.4 is 5.32 Å². The zero-order chi connectivity index (χ0) is 20.1. The number of carbonyl (C=O) groups is 1. The first kappa shape index (κ1) is 19.5. The quantitative estimate of drug-likeness (QED) is 0.654. The third-order valence-corrected chi connectivity index (χ3v) is 7.77. The Hall–Kier alpha value is -1.84. The van der Waals surface area contributed by atoms with Crippen molar-refractivity contribution in [1.29, 1.82) is 0 Å². The number of nitrogens with zero attached hydrogens (tertiary/aromatic N) is 3. The van der Waals surface area contributed by atoms with Gasteiger partial charge in [-0.25, -0.2) is 14.0 Å². The van der Waals surface area contributed by atoms with Gasteiger partial charge >= 0.3 is 6.03 Å². The number of aryl methyl sites for hydroxylation is 2. The van der Waals surface area contributed by atoms with Gasteiger partial charge in [0.15, 0.2) is 0 Å². The SMILES string of the molecule is Cc1nc2c(c(NC(=O)/N=[SH](=O)/c3cnc(C(C)(C)O)s3)c1C1CC1)CCC2. The molecule has 2 aromatic rings. The van der Waals surface area contributed by atoms with Crippen LogP contribution >= 0.6 is 11.3 Å². The number of pyridine rings is 1. The maximum atomic E-state index is 12.6. The Labute approximate surface area is 169 Å². The van der Waals surface area contributed by atoms with Gasteiger partial charge < -0.3 is 10.4 Å². The Morgan fingerprint density at radius 1 is 1.39 bits per heavy atom. The highest BCUT2D eigenvalue weighted by Crippen LogP contribution is 2.47. The van der Waals surface area contributed by atoms with E-state index < -0.39 is 22.2 Å². The van der Waals surface area contributed by atoms with Crippen LogP contribution in [0.2, 0.25) is 0 Å². The van der Waals surface area contributed by atoms with E-state index in [-0.39, 0.29) is 0 Å². The number of rotatable bonds is 4. The number of aliphatic hydroxyl groups is 1. The summed E-state index contributed by atoms with van der Waals surface area (Å²) in [5.74, 6) is 0.443. The fourth-order valence-corrected chi connectivity index (χ4v) is 5.46. The molecule has 28 heavy (non-hydrogen) atoms. The van der Waals surface area contributed by atoms with Crippen molar-refractivity contribution in [2.45, 2.75) is 68.6 Å². The molecular weight excluding hydrogens is 396 g/mol. The second kappa shape index (κ2) is 7.20. The Morgan fingerprint density at radius 3 is 2.79 bits per heavy atom. The minimum Gasteiger partial charge on any atom is -0.383 e. The lowest BCUT2D eigenvalue weighted by Gasteiger charge is -2.16. The van der Waals surface area contributed by atoms with Gasteiger partial charge in [-0.3, -0.25) is 4.98 Å². The van der Waals surface area contributed by atoms with E-state index in [0.717, 1.165) is 71.6 Å². The van der Waals surface area contributed by atoms with Crippen LogP contribution in [0.5, 0.6) is 0 Å². The van der Waals surface area contributed by atoms with Crippen molar-refractivity contribution < 1.29 is 14.1 Å². The molecule has 0 radical (unpaired) electrons. The molecule has 2 amide bonds. The van der Waals surface area contributed by atoms with E-state index in [1.54, 1.807) is 13.8 Å². The van der Waals surface area contributed by atoms with Gasteiger partial charge in [0.2, 0.25) is 0 Å². The number of amides is 2. The second-order valence-electron chi connectivity index (χ2n) is 7.90. The van der Waals surface area contributed by atoms with Gasteiger partial charge in [-0.1, -0.05) is 0 Å². The van der Waals surface area contributed by atoms with E-state index in [1.165, 1.54) is 6.20 Å². The van der Waals surface area contributed by atoms with Gasteiger partial charge in [-0.15, -0.1) is 15.7 Å². The summed E-state index contributed by atoms with van der Waals surface area (Å²) in [4.78, 5) is 21.4. The lowest BCUT2D eigenvalue weighted by atomic mass is 10.0. The molecule has 0 saturated heterocycles. The molecule has 150 valence electrons. The van der Waals surface area contributed by atoms with Gasteiger partial charge in [-0.05, 0) is 64.4 Å². The smallest absolute Gasteiger partial charge is 0.353 e. The molecule has 1 unspecified atom stereocenters. The summed E-state index contributed by atoms with van der Waals surface area (Å²) < 4.78 is 16.7. The van der Waals surface area contributed by atoms with Crippen molar-refractivity contribution in [2.24, 2.45) is 4.36 Å². The first-order chi connectivity index (χ1) is 13.2. The van der Waals surface area contributed by atoms with Crippen LogP contribution in [0.15, 0.2) is 14.8 Å². The molecule has 1 fully saturated rings. The third-order valence-electron chi connectivity index (χ3n) is 5.06. The Bertz CT molecular complexity index is 1030. The molecule has 1 saturated carbocycles. The van der Waals surface area contributed by atoms with Gasteiger partial charge in [0.25, 0.3) is 0 Å². The Balaban J connectivity index is 1.62. The van der Waals surface area contributed by atoms with Crippen LogP contribution in [0, 0.1) is 6.92 Å². The first-order valence-electron chi connectivity index (χ1n) is 9.45. The van der Waals surface area contributed by atoms with Crippen molar-refractivity contribution in [3.63, 3.8) is 0 Å². The highest BCUT2D eigenvalue weighted by atomic mass is 32.2. The van der Waals surface area contributed by atoms with E-state index in [4.69, 9.17) is 4.98 Å². The molecule has 4 rings (SSSR count). The maximum Gasteiger partial charge on any atom is 0.353 e. The van der Waals surface area contributed by atoms with Crippen LogP contribution in [0.1, 0.15) is 66.6 Å². The van der Waals surface area contributed by atoms with Gasteiger partial charge in [0.1, 0.15) is 14.8 Å². The summed E-state index contributed by atoms with van der Waals surface area (Å²) in [5.41, 5.74) is 3.96. The average Bonchev–Trinajstić information content (AvgIpc) is 3.11. The maximum absolute atomic E-state index is 12.6. The van der Waals surface area contributed by atoms with Crippen molar-refractivity contribution >= 4 is 33.7 Å². The van der Waals surface area contributed by atoms with Crippen molar-refractivity contribution in [3.8, 4) is 0 Å². The van der Waals surface area contributed by atoms with E-state index in [0.29, 0.717) is 15.1 Å². The summed E-state index contributed by atoms with van der Waals surface area (Å²) >= 11 is 1.11. The zero-order valence-electron chi connectivity index (χ0n) is 16.2. The van der Waals surface area contributed by atoms with Crippen LogP contribution in [0.25, 0.3) is 0 Å². The number of aromatic nitrogens is 2. The van der Waals surface area contributed by atoms with Gasteiger partial charge in [0, 0.05) is 17.0 Å². The number of urea groups is 1. The van der Waals surface area contributed by atoms with Crippen LogP contribution in [-0.4, -0.2) is 25.3 Å². The average molecular weight is 421 g/mol. The molecule has 2 heterocycles. The van der Waals surface area contributed by atoms with Crippen molar-refractivity contribution in [1.82, 2.24) is 9.97 Å². The number of hydrogen-bond acceptors (Lipinski definition) is 6. The number of thiazole rings is 1. The highest BCUT2D eigenvalue weighted by molar-refractivity contribution is 7.78. The minimum atomic E-state index is -2.27. The number of nitrogens with one attached hydrogen (secondary N) is 1. The molecule has 2 aliphatic carbocycles. The molecule has 0 spiro atoms. The first-order valence-corrected chi connectivity index (χ1v) is 11.5. The van der Waals surface area contributed by atoms with E-state index in [2.05, 4.69) is 14.7 Å². The lowest BCUT2D eigenvalue weighted by Crippen LogP contribution is -2.14. The minimum absolute atomic E-state index is 0.376. The predicted octanol–water partition coefficient (Wildman–Crippen LogP) is 3.70. The third kappa shape index (κ3) is 3.83. The van der Waals surface area contributed by atoms with Crippen LogP contribution in [-0.2, 0) is 29.0 Å². The zero-order valence-corrected chi connectivity index (χ0v) is 17.9. The monoisotopic (exact) mass is 420 g/mol. The van der Waals surface area contributed by atoms with Crippen LogP contribution in [0.4, 0.5) is 10.5 Å². The molecule has 1 atom stereocenters. The molecule has 2 aromatic heterocycles. The summed E-state index contributed by atoms with van der Waals surface area (Å²) in [6.07, 6.45) is 6.48. The number of thiol groups is 1. The summed E-state index contributed by atoms with van der Waals surface area (Å²) in [7, 11) is -2.27. The number of carbonyl (C=O) groups excluding carboxylic acids is 1. The Kier molecular flexibility index (Phi) is 5.01. The molecule has 2 N–H and O–H groups in total. The largest absolute Gasteiger partial charge is 0.383 e. The summed E-state index contributed by atoms with van der Waals surface area (Å²) in [5, 5.41) is 13.4. The second-order valence-corrected chi connectivity index (χ2v) is 10.5. The Morgan fingerprint density at radius 2 is 2.14 bits per heavy atom. The fraction of sp³-hybridized carbons (Fsp3) is 0.526. The summed E-state index contributed by atoms with van der Waals surface area (Å²) in [6.45, 7) is 5.21. The van der Waals surface area contributed by atoms with Crippen molar-refractivity contribution in [2.75, 3.05) is 5.32 Å². The van der Waals surface area contributed by atoms with Crippen LogP contribution in [0.3, 0.4) is 0 Å². The molecule has 0 aliphatic heterocycles. The van der Waals surface area contributed by atoms with Crippen molar-refractivity contribution in [3.05, 3.63) is 33.7 Å².